The maximum Gasteiger partial charge on any atom is 0.322 e. The molecule has 6 heteroatoms. The Morgan fingerprint density at radius 3 is 2.67 bits per heavy atom. The first-order chi connectivity index (χ1) is 11.7. The molecule has 1 fully saturated rings. The maximum atomic E-state index is 12.9. The van der Waals surface area contributed by atoms with Crippen LogP contribution < -0.4 is 10.1 Å². The predicted molar refractivity (Wildman–Crippen MR) is 88.6 cm³/mol. The molecular weight excluding hydrogens is 311 g/mol. The molecule has 3 rings (SSSR count). The Labute approximate surface area is 140 Å². The highest BCUT2D eigenvalue weighted by Crippen LogP contribution is 2.19. The van der Waals surface area contributed by atoms with E-state index in [1.54, 1.807) is 23.1 Å². The van der Waals surface area contributed by atoms with Crippen LogP contribution in [0.25, 0.3) is 0 Å². The first kappa shape index (κ1) is 16.3. The van der Waals surface area contributed by atoms with E-state index >= 15 is 0 Å². The molecule has 5 nitrogen and oxygen atoms in total. The van der Waals surface area contributed by atoms with E-state index in [0.717, 1.165) is 5.56 Å². The Kier molecular flexibility index (Phi) is 5.28. The lowest BCUT2D eigenvalue weighted by atomic mass is 10.2. The summed E-state index contributed by atoms with van der Waals surface area (Å²) < 4.78 is 23.8. The van der Waals surface area contributed by atoms with E-state index in [0.29, 0.717) is 44.3 Å². The van der Waals surface area contributed by atoms with Crippen LogP contribution in [-0.2, 0) is 11.3 Å². The SMILES string of the molecule is O=C(Nc1cccc(OCc2ccc(F)cc2)c1)N1CCOCC1. The van der Waals surface area contributed by atoms with Crippen molar-refractivity contribution in [3.05, 3.63) is 59.9 Å². The van der Waals surface area contributed by atoms with Crippen LogP contribution in [0.3, 0.4) is 0 Å². The van der Waals surface area contributed by atoms with Gasteiger partial charge in [0.05, 0.1) is 13.2 Å². The summed E-state index contributed by atoms with van der Waals surface area (Å²) in [5.41, 5.74) is 1.54. The molecule has 126 valence electrons. The zero-order valence-corrected chi connectivity index (χ0v) is 13.2. The molecule has 2 aromatic carbocycles. The topological polar surface area (TPSA) is 50.8 Å². The summed E-state index contributed by atoms with van der Waals surface area (Å²) in [6.07, 6.45) is 0. The lowest BCUT2D eigenvalue weighted by molar-refractivity contribution is 0.0564. The van der Waals surface area contributed by atoms with E-state index in [1.165, 1.54) is 12.1 Å². The molecular formula is C18H19FN2O3. The minimum absolute atomic E-state index is 0.144. The van der Waals surface area contributed by atoms with E-state index in [2.05, 4.69) is 5.32 Å². The second-order valence-electron chi connectivity index (χ2n) is 5.47. The Balaban J connectivity index is 1.57. The summed E-state index contributed by atoms with van der Waals surface area (Å²) in [5, 5.41) is 2.86. The number of benzene rings is 2. The van der Waals surface area contributed by atoms with Crippen molar-refractivity contribution in [2.24, 2.45) is 0 Å². The number of urea groups is 1. The van der Waals surface area contributed by atoms with Crippen molar-refractivity contribution in [2.45, 2.75) is 6.61 Å². The fourth-order valence-corrected chi connectivity index (χ4v) is 2.38. The number of hydrogen-bond donors (Lipinski definition) is 1. The van der Waals surface area contributed by atoms with E-state index in [1.807, 2.05) is 18.2 Å². The van der Waals surface area contributed by atoms with Gasteiger partial charge < -0.3 is 19.7 Å². The van der Waals surface area contributed by atoms with Crippen LogP contribution in [0.5, 0.6) is 5.75 Å². The first-order valence-corrected chi connectivity index (χ1v) is 7.82. The predicted octanol–water partition coefficient (Wildman–Crippen LogP) is 3.27. The number of carbonyl (C=O) groups excluding carboxylic acids is 1. The van der Waals surface area contributed by atoms with Gasteiger partial charge in [-0.05, 0) is 29.8 Å². The number of ether oxygens (including phenoxy) is 2. The number of anilines is 1. The molecule has 0 radical (unpaired) electrons. The lowest BCUT2D eigenvalue weighted by Crippen LogP contribution is -2.43. The zero-order chi connectivity index (χ0) is 16.8. The van der Waals surface area contributed by atoms with Gasteiger partial charge in [0.25, 0.3) is 0 Å². The fraction of sp³-hybridized carbons (Fsp3) is 0.278. The number of carbonyl (C=O) groups is 1. The number of nitrogens with zero attached hydrogens (tertiary/aromatic N) is 1. The first-order valence-electron chi connectivity index (χ1n) is 7.82. The normalized spacial score (nSPS) is 14.3. The molecule has 1 heterocycles. The average Bonchev–Trinajstić information content (AvgIpc) is 2.62. The Hall–Kier alpha value is -2.60. The maximum absolute atomic E-state index is 12.9. The average molecular weight is 330 g/mol. The molecule has 1 aliphatic rings. The molecule has 1 saturated heterocycles. The number of nitrogens with one attached hydrogen (secondary N) is 1. The highest BCUT2D eigenvalue weighted by atomic mass is 19.1. The molecule has 0 bridgehead atoms. The monoisotopic (exact) mass is 330 g/mol. The van der Waals surface area contributed by atoms with Gasteiger partial charge in [-0.3, -0.25) is 0 Å². The van der Waals surface area contributed by atoms with Gasteiger partial charge in [0.15, 0.2) is 0 Å². The summed E-state index contributed by atoms with van der Waals surface area (Å²) in [6, 6.07) is 13.2. The third kappa shape index (κ3) is 4.45. The van der Waals surface area contributed by atoms with E-state index in [4.69, 9.17) is 9.47 Å². The third-order valence-electron chi connectivity index (χ3n) is 3.70. The van der Waals surface area contributed by atoms with Crippen molar-refractivity contribution in [3.8, 4) is 5.75 Å². The molecule has 0 atom stereocenters. The van der Waals surface area contributed by atoms with Crippen LogP contribution in [0, 0.1) is 5.82 Å². The Morgan fingerprint density at radius 1 is 1.17 bits per heavy atom. The van der Waals surface area contributed by atoms with Gasteiger partial charge in [0, 0.05) is 24.8 Å². The van der Waals surface area contributed by atoms with Crippen molar-refractivity contribution >= 4 is 11.7 Å². The van der Waals surface area contributed by atoms with Gasteiger partial charge in [0.2, 0.25) is 0 Å². The largest absolute Gasteiger partial charge is 0.489 e. The zero-order valence-electron chi connectivity index (χ0n) is 13.2. The van der Waals surface area contributed by atoms with Crippen LogP contribution in [0.15, 0.2) is 48.5 Å². The van der Waals surface area contributed by atoms with Crippen LogP contribution >= 0.6 is 0 Å². The standard InChI is InChI=1S/C18H19FN2O3/c19-15-6-4-14(5-7-15)13-24-17-3-1-2-16(12-17)20-18(22)21-8-10-23-11-9-21/h1-7,12H,8-11,13H2,(H,20,22). The summed E-state index contributed by atoms with van der Waals surface area (Å²) in [6.45, 7) is 2.64. The molecule has 0 saturated carbocycles. The van der Waals surface area contributed by atoms with Gasteiger partial charge in [0.1, 0.15) is 18.2 Å². The second-order valence-corrected chi connectivity index (χ2v) is 5.47. The van der Waals surface area contributed by atoms with Crippen LogP contribution in [0.1, 0.15) is 5.56 Å². The van der Waals surface area contributed by atoms with Crippen LogP contribution in [0.4, 0.5) is 14.9 Å². The van der Waals surface area contributed by atoms with Gasteiger partial charge in [-0.25, -0.2) is 9.18 Å². The molecule has 2 aromatic rings. The Morgan fingerprint density at radius 2 is 1.92 bits per heavy atom. The quantitative estimate of drug-likeness (QED) is 0.936. The third-order valence-corrected chi connectivity index (χ3v) is 3.70. The second kappa shape index (κ2) is 7.79. The number of halogens is 1. The molecule has 1 N–H and O–H groups in total. The minimum atomic E-state index is -0.272. The molecule has 1 aliphatic heterocycles. The molecule has 0 spiro atoms. The number of hydrogen-bond acceptors (Lipinski definition) is 3. The fourth-order valence-electron chi connectivity index (χ4n) is 2.38. The molecule has 0 aromatic heterocycles. The highest BCUT2D eigenvalue weighted by Gasteiger charge is 2.16. The number of morpholine rings is 1. The van der Waals surface area contributed by atoms with Crippen molar-refractivity contribution in [1.29, 1.82) is 0 Å². The summed E-state index contributed by atoms with van der Waals surface area (Å²) in [4.78, 5) is 13.9. The summed E-state index contributed by atoms with van der Waals surface area (Å²) in [5.74, 6) is 0.366. The van der Waals surface area contributed by atoms with E-state index < -0.39 is 0 Å². The summed E-state index contributed by atoms with van der Waals surface area (Å²) >= 11 is 0. The molecule has 2 amide bonds. The van der Waals surface area contributed by atoms with Crippen LogP contribution in [-0.4, -0.2) is 37.2 Å². The molecule has 0 unspecified atom stereocenters. The highest BCUT2D eigenvalue weighted by molar-refractivity contribution is 5.89. The van der Waals surface area contributed by atoms with Crippen molar-refractivity contribution in [1.82, 2.24) is 4.90 Å². The Bertz CT molecular complexity index is 685. The summed E-state index contributed by atoms with van der Waals surface area (Å²) in [7, 11) is 0. The van der Waals surface area contributed by atoms with Crippen molar-refractivity contribution in [3.63, 3.8) is 0 Å². The van der Waals surface area contributed by atoms with Gasteiger partial charge in [-0.15, -0.1) is 0 Å². The van der Waals surface area contributed by atoms with Crippen molar-refractivity contribution < 1.29 is 18.7 Å². The van der Waals surface area contributed by atoms with Crippen molar-refractivity contribution in [2.75, 3.05) is 31.6 Å². The van der Waals surface area contributed by atoms with Gasteiger partial charge >= 0.3 is 6.03 Å². The van der Waals surface area contributed by atoms with E-state index in [-0.39, 0.29) is 11.8 Å². The number of amides is 2. The lowest BCUT2D eigenvalue weighted by Gasteiger charge is -2.27. The molecule has 24 heavy (non-hydrogen) atoms. The van der Waals surface area contributed by atoms with Gasteiger partial charge in [-0.2, -0.15) is 0 Å². The van der Waals surface area contributed by atoms with Gasteiger partial charge in [-0.1, -0.05) is 18.2 Å². The number of rotatable bonds is 4. The smallest absolute Gasteiger partial charge is 0.322 e. The van der Waals surface area contributed by atoms with Crippen LogP contribution in [0.2, 0.25) is 0 Å². The minimum Gasteiger partial charge on any atom is -0.489 e. The molecule has 0 aliphatic carbocycles. The van der Waals surface area contributed by atoms with E-state index in [9.17, 15) is 9.18 Å².